The lowest BCUT2D eigenvalue weighted by Crippen LogP contribution is -2.55. The first-order chi connectivity index (χ1) is 56.7. The summed E-state index contributed by atoms with van der Waals surface area (Å²) in [5.74, 6) is 3.40. The molecule has 15 rings (SSSR count). The summed E-state index contributed by atoms with van der Waals surface area (Å²) in [6.07, 6.45) is 23.9. The molecule has 0 spiro atoms. The number of likely N-dealkylation sites (tertiary alicyclic amines) is 1. The van der Waals surface area contributed by atoms with Gasteiger partial charge >= 0.3 is 0 Å². The fourth-order valence-electron chi connectivity index (χ4n) is 17.3. The number of ether oxygens (including phenoxy) is 5. The molecule has 0 radical (unpaired) electrons. The molecule has 9 aromatic heterocycles. The maximum absolute atomic E-state index is 13.8. The second kappa shape index (κ2) is 37.7. The first-order valence-corrected chi connectivity index (χ1v) is 42.7. The number of anilines is 3. The Hall–Kier alpha value is -8.70. The highest BCUT2D eigenvalue weighted by Gasteiger charge is 2.42. The number of fused-ring (bicyclic) bond motifs is 3. The molecule has 2 amide bonds. The number of morpholine rings is 2. The molecule has 6 atom stereocenters. The van der Waals surface area contributed by atoms with E-state index in [0.717, 1.165) is 150 Å². The van der Waals surface area contributed by atoms with Crippen molar-refractivity contribution in [1.82, 2.24) is 78.1 Å². The lowest BCUT2D eigenvalue weighted by atomic mass is 9.85. The number of rotatable bonds is 25. The van der Waals surface area contributed by atoms with Crippen LogP contribution in [-0.2, 0) is 50.8 Å². The van der Waals surface area contributed by atoms with Gasteiger partial charge in [-0.15, -0.1) is 10.2 Å². The number of nitrogens with zero attached hydrogens (tertiary/aromatic N) is 17. The molecular weight excluding hydrogens is 1520 g/mol. The van der Waals surface area contributed by atoms with Gasteiger partial charge in [0.15, 0.2) is 6.36 Å². The normalized spacial score (nSPS) is 23.1. The number of aliphatic hydroxyl groups is 5. The van der Waals surface area contributed by atoms with Crippen LogP contribution in [0.25, 0.3) is 49.9 Å². The van der Waals surface area contributed by atoms with Crippen LogP contribution in [0.1, 0.15) is 214 Å². The van der Waals surface area contributed by atoms with Crippen molar-refractivity contribution in [2.24, 2.45) is 5.41 Å². The SMILES string of the molecule is CC(F)OCCCc1ncc2c(-c3ccnc(N4CCOC(C(C)(C)O)C4)c3)cc(C3CCC(O)CC3)n2n1.COC[C@H](C)Nc1ncc2c(-c3cnn(C(C)(C)C(=O)N4CCOC(C(C)(C)C)C4)c3)cc(C3CCC(O)CC3)n2n1.COC[C@H](C)Nc1ncc2c(-c3cnn(C(C)(C)C(=O)N4CC[C@@H](O)C4)c3)cc(C3CCC(O)CC3)n2n1. The summed E-state index contributed by atoms with van der Waals surface area (Å²) in [7, 11) is 3.34. The molecule has 119 heavy (non-hydrogen) atoms. The van der Waals surface area contributed by atoms with E-state index in [1.54, 1.807) is 48.5 Å². The molecule has 7 N–H and O–H groups in total. The van der Waals surface area contributed by atoms with E-state index in [-0.39, 0.29) is 71.7 Å². The topological polar surface area (TPSA) is 354 Å². The predicted octanol–water partition coefficient (Wildman–Crippen LogP) is 10.5. The molecule has 3 unspecified atom stereocenters. The summed E-state index contributed by atoms with van der Waals surface area (Å²) in [5.41, 5.74) is 8.97. The Morgan fingerprint density at radius 3 is 1.45 bits per heavy atom. The fourth-order valence-corrected chi connectivity index (χ4v) is 17.3. The first-order valence-electron chi connectivity index (χ1n) is 42.7. The predicted molar refractivity (Wildman–Crippen MR) is 451 cm³/mol. The van der Waals surface area contributed by atoms with Crippen molar-refractivity contribution in [3.63, 3.8) is 0 Å². The van der Waals surface area contributed by atoms with Gasteiger partial charge in [-0.05, 0) is 194 Å². The number of aromatic nitrogens is 14. The number of aliphatic hydroxyl groups excluding tert-OH is 4. The Labute approximate surface area is 696 Å². The smallest absolute Gasteiger partial charge is 0.250 e. The van der Waals surface area contributed by atoms with Gasteiger partial charge in [0.1, 0.15) is 28.8 Å². The first kappa shape index (κ1) is 88.1. The lowest BCUT2D eigenvalue weighted by Gasteiger charge is -2.42. The molecule has 12 heterocycles. The van der Waals surface area contributed by atoms with Gasteiger partial charge in [0.2, 0.25) is 23.7 Å². The van der Waals surface area contributed by atoms with Gasteiger partial charge in [-0.3, -0.25) is 19.0 Å². The molecular formula is C87H126FN19O12. The van der Waals surface area contributed by atoms with E-state index in [0.29, 0.717) is 115 Å². The van der Waals surface area contributed by atoms with Gasteiger partial charge in [0.25, 0.3) is 0 Å². The maximum atomic E-state index is 13.8. The minimum Gasteiger partial charge on any atom is -0.393 e. The Kier molecular flexibility index (Phi) is 27.9. The molecule has 0 aromatic carbocycles. The third kappa shape index (κ3) is 20.7. The molecule has 0 bridgehead atoms. The number of hydrogen-bond acceptors (Lipinski definition) is 24. The number of alkyl halides is 1. The number of pyridine rings is 1. The van der Waals surface area contributed by atoms with Gasteiger partial charge in [0, 0.05) is 153 Å². The van der Waals surface area contributed by atoms with Crippen LogP contribution in [0.2, 0.25) is 0 Å². The number of nitrogens with one attached hydrogen (secondary N) is 2. The van der Waals surface area contributed by atoms with Crippen LogP contribution in [0, 0.1) is 5.41 Å². The summed E-state index contributed by atoms with van der Waals surface area (Å²) in [5, 5.41) is 81.2. The molecule has 32 heteroatoms. The molecule has 6 aliphatic rings. The minimum atomic E-state index is -1.28. The third-order valence-electron chi connectivity index (χ3n) is 24.5. The fraction of sp³-hybridized carbons (Fsp3) is 0.644. The van der Waals surface area contributed by atoms with E-state index < -0.39 is 29.1 Å². The van der Waals surface area contributed by atoms with Gasteiger partial charge < -0.3 is 74.6 Å². The van der Waals surface area contributed by atoms with E-state index in [1.165, 1.54) is 6.92 Å². The van der Waals surface area contributed by atoms with Crippen molar-refractivity contribution in [3.8, 4) is 33.4 Å². The van der Waals surface area contributed by atoms with E-state index in [1.807, 2.05) is 109 Å². The number of carbonyl (C=O) groups excluding carboxylic acids is 2. The standard InChI is InChI=1S/C31H47N7O4.C29H40FN5O4.C27H39N7O4/c1-20(19-41-7)34-29-32-16-26-24(14-25(38(26)35-29)21-8-10-23(39)11-9-21)22-15-33-37(17-22)31(5,6)28(40)36-12-13-42-27(18-36)30(2,3)4;1-19(30)38-13-4-5-27-32-17-25-23(16-24(35(25)33-27)20-6-8-22(36)9-7-20)21-10-11-31-28(15-21)34-12-14-39-26(18-34)29(2,3)37;1-17(16-38-4)30-26-28-13-24-22(11-23(34(24)31-26)18-5-7-20(35)8-6-18)19-12-29-33(14-19)27(2,3)25(37)32-10-9-21(36)15-32/h14-17,20-21,23,27,39H,8-13,18-19H2,1-7H3,(H,34,35);10-11,15-17,19-20,22,26,36-37H,4-9,12-14,18H2,1-3H3;11-14,17-18,20-21,35-36H,5-10,15-16H2,1-4H3,(H,30,31)/t20-,21?,23?,27?;;17-,18?,20?,21+/m0.0/s1. The molecule has 6 fully saturated rings. The second-order valence-corrected chi connectivity index (χ2v) is 36.2. The van der Waals surface area contributed by atoms with Crippen LogP contribution >= 0.6 is 0 Å². The Bertz CT molecular complexity index is 4870. The van der Waals surface area contributed by atoms with Crippen LogP contribution in [-0.4, -0.2) is 263 Å². The summed E-state index contributed by atoms with van der Waals surface area (Å²) in [6, 6.07) is 10.7. The average Bonchev–Trinajstić information content (AvgIpc) is 1.62. The average molecular weight is 1650 g/mol. The van der Waals surface area contributed by atoms with Crippen LogP contribution in [0.15, 0.2) is 79.9 Å². The number of carbonyl (C=O) groups is 2. The zero-order valence-electron chi connectivity index (χ0n) is 71.9. The zero-order chi connectivity index (χ0) is 84.8. The van der Waals surface area contributed by atoms with Gasteiger partial charge in [-0.1, -0.05) is 20.8 Å². The van der Waals surface area contributed by atoms with Crippen LogP contribution in [0.4, 0.5) is 22.1 Å². The van der Waals surface area contributed by atoms with Crippen molar-refractivity contribution in [3.05, 3.63) is 103 Å². The molecule has 3 aliphatic carbocycles. The van der Waals surface area contributed by atoms with Crippen LogP contribution in [0.5, 0.6) is 0 Å². The number of halogens is 1. The number of aryl methyl sites for hydroxylation is 1. The Morgan fingerprint density at radius 2 is 0.992 bits per heavy atom. The van der Waals surface area contributed by atoms with Crippen molar-refractivity contribution >= 4 is 46.1 Å². The van der Waals surface area contributed by atoms with E-state index >= 15 is 0 Å². The number of β-amino-alcohol motifs (C(OH)–C–C–N with tert-alkyl or cyclic N) is 1. The third-order valence-corrected chi connectivity index (χ3v) is 24.5. The highest BCUT2D eigenvalue weighted by atomic mass is 19.1. The minimum absolute atomic E-state index is 0.0110. The Balaban J connectivity index is 0.000000155. The van der Waals surface area contributed by atoms with Crippen molar-refractivity contribution < 1.29 is 63.2 Å². The molecule has 3 saturated heterocycles. The second-order valence-electron chi connectivity index (χ2n) is 36.2. The number of hydrogen-bond donors (Lipinski definition) is 7. The monoisotopic (exact) mass is 1650 g/mol. The quantitative estimate of drug-likeness (QED) is 0.0261. The highest BCUT2D eigenvalue weighted by molar-refractivity contribution is 5.87. The van der Waals surface area contributed by atoms with Gasteiger partial charge in [-0.2, -0.15) is 15.3 Å². The summed E-state index contributed by atoms with van der Waals surface area (Å²) < 4.78 is 49.8. The summed E-state index contributed by atoms with van der Waals surface area (Å²) in [4.78, 5) is 51.3. The Morgan fingerprint density at radius 1 is 0.538 bits per heavy atom. The lowest BCUT2D eigenvalue weighted by molar-refractivity contribution is -0.151. The van der Waals surface area contributed by atoms with E-state index in [9.17, 15) is 39.5 Å². The summed E-state index contributed by atoms with van der Waals surface area (Å²) >= 11 is 0. The number of methoxy groups -OCH3 is 2. The van der Waals surface area contributed by atoms with Crippen molar-refractivity contribution in [2.75, 3.05) is 102 Å². The van der Waals surface area contributed by atoms with E-state index in [2.05, 4.69) is 85.6 Å². The molecule has 3 saturated carbocycles. The highest BCUT2D eigenvalue weighted by Crippen LogP contribution is 2.43. The van der Waals surface area contributed by atoms with Crippen LogP contribution < -0.4 is 15.5 Å². The molecule has 648 valence electrons. The molecule has 3 aliphatic heterocycles. The summed E-state index contributed by atoms with van der Waals surface area (Å²) in [6.45, 7) is 28.7. The van der Waals surface area contributed by atoms with Gasteiger partial charge in [-0.25, -0.2) is 37.9 Å². The molecule has 31 nitrogen and oxygen atoms in total. The van der Waals surface area contributed by atoms with Crippen LogP contribution in [0.3, 0.4) is 0 Å². The van der Waals surface area contributed by atoms with Gasteiger partial charge in [0.05, 0.1) is 117 Å². The molecule has 9 aromatic rings. The van der Waals surface area contributed by atoms with E-state index in [4.69, 9.17) is 44.1 Å². The van der Waals surface area contributed by atoms with Crippen molar-refractivity contribution in [2.45, 2.75) is 269 Å². The number of amides is 2. The zero-order valence-corrected chi connectivity index (χ0v) is 71.9. The maximum Gasteiger partial charge on any atom is 0.250 e. The largest absolute Gasteiger partial charge is 0.393 e. The van der Waals surface area contributed by atoms with Crippen molar-refractivity contribution in [1.29, 1.82) is 0 Å².